The van der Waals surface area contributed by atoms with Crippen LogP contribution in [0.1, 0.15) is 19.4 Å². The number of hydrogen-bond donors (Lipinski definition) is 2. The van der Waals surface area contributed by atoms with Crippen LogP contribution < -0.4 is 11.1 Å². The molecule has 1 amide bonds. The molecule has 0 bridgehead atoms. The van der Waals surface area contributed by atoms with Crippen molar-refractivity contribution >= 4 is 35.8 Å². The lowest BCUT2D eigenvalue weighted by molar-refractivity contribution is -0.119. The summed E-state index contributed by atoms with van der Waals surface area (Å²) in [6.45, 7) is 5.20. The zero-order valence-corrected chi connectivity index (χ0v) is 14.2. The molecule has 1 aromatic rings. The summed E-state index contributed by atoms with van der Waals surface area (Å²) in [5, 5.41) is 2.66. The number of carbonyl (C=O) groups is 1. The quantitative estimate of drug-likeness (QED) is 0.784. The first-order valence-electron chi connectivity index (χ1n) is 6.47. The van der Waals surface area contributed by atoms with Crippen LogP contribution in [0.2, 0.25) is 0 Å². The summed E-state index contributed by atoms with van der Waals surface area (Å²) in [4.78, 5) is 12.4. The van der Waals surface area contributed by atoms with Gasteiger partial charge in [-0.05, 0) is 31.5 Å². The zero-order chi connectivity index (χ0) is 16.2. The summed E-state index contributed by atoms with van der Waals surface area (Å²) in [5.74, 6) is -1.72. The smallest absolute Gasteiger partial charge is 0.327 e. The van der Waals surface area contributed by atoms with Gasteiger partial charge in [-0.2, -0.15) is 13.2 Å². The molecule has 0 aromatic heterocycles. The van der Waals surface area contributed by atoms with E-state index in [4.69, 9.17) is 5.73 Å². The Morgan fingerprint density at radius 1 is 1.36 bits per heavy atom. The molecule has 0 radical (unpaired) electrons. The van der Waals surface area contributed by atoms with Gasteiger partial charge in [-0.1, -0.05) is 13.0 Å². The highest BCUT2D eigenvalue weighted by molar-refractivity contribution is 7.99. The molecule has 1 rings (SSSR count). The van der Waals surface area contributed by atoms with Crippen LogP contribution in [-0.4, -0.2) is 23.9 Å². The van der Waals surface area contributed by atoms with E-state index in [1.165, 1.54) is 0 Å². The van der Waals surface area contributed by atoms with E-state index in [1.807, 2.05) is 6.92 Å². The standard InChI is InChI=1S/C14H19F3N2OS.ClH/c1-8-4-5-12(21-7-14(15,16)17)11(6-8)19-13(20)9(2)10(3)18;/h4-6,9-10H,7,18H2,1-3H3,(H,19,20);1H. The molecule has 0 aliphatic rings. The van der Waals surface area contributed by atoms with Crippen LogP contribution in [0.4, 0.5) is 18.9 Å². The number of anilines is 1. The third-order valence-corrected chi connectivity index (χ3v) is 4.13. The van der Waals surface area contributed by atoms with Gasteiger partial charge in [0.1, 0.15) is 0 Å². The first-order chi connectivity index (χ1) is 9.60. The van der Waals surface area contributed by atoms with Crippen molar-refractivity contribution in [2.75, 3.05) is 11.1 Å². The van der Waals surface area contributed by atoms with Gasteiger partial charge in [0.25, 0.3) is 0 Å². The van der Waals surface area contributed by atoms with Gasteiger partial charge in [-0.25, -0.2) is 0 Å². The Bertz CT molecular complexity index is 509. The Morgan fingerprint density at radius 3 is 2.45 bits per heavy atom. The molecule has 22 heavy (non-hydrogen) atoms. The van der Waals surface area contributed by atoms with E-state index in [9.17, 15) is 18.0 Å². The second-order valence-electron chi connectivity index (χ2n) is 5.04. The van der Waals surface area contributed by atoms with Gasteiger partial charge < -0.3 is 11.1 Å². The van der Waals surface area contributed by atoms with Crippen LogP contribution in [0, 0.1) is 12.8 Å². The van der Waals surface area contributed by atoms with Gasteiger partial charge in [0.15, 0.2) is 0 Å². The minimum absolute atomic E-state index is 0. The third kappa shape index (κ3) is 6.89. The van der Waals surface area contributed by atoms with Gasteiger partial charge in [-0.3, -0.25) is 4.79 Å². The van der Waals surface area contributed by atoms with E-state index in [2.05, 4.69) is 5.32 Å². The Morgan fingerprint density at radius 2 is 1.95 bits per heavy atom. The molecule has 0 aliphatic heterocycles. The SMILES string of the molecule is Cc1ccc(SCC(F)(F)F)c(NC(=O)C(C)C(C)N)c1.Cl. The number of nitrogens with one attached hydrogen (secondary N) is 1. The molecule has 0 aliphatic carbocycles. The van der Waals surface area contributed by atoms with Crippen molar-refractivity contribution in [3.8, 4) is 0 Å². The fourth-order valence-electron chi connectivity index (χ4n) is 1.51. The summed E-state index contributed by atoms with van der Waals surface area (Å²) < 4.78 is 37.0. The van der Waals surface area contributed by atoms with Crippen LogP contribution in [0.15, 0.2) is 23.1 Å². The number of thioether (sulfide) groups is 1. The Labute approximate surface area is 138 Å². The van der Waals surface area contributed by atoms with Crippen molar-refractivity contribution in [2.45, 2.75) is 37.9 Å². The average molecular weight is 357 g/mol. The largest absolute Gasteiger partial charge is 0.398 e. The van der Waals surface area contributed by atoms with Crippen molar-refractivity contribution in [3.63, 3.8) is 0 Å². The molecule has 2 unspecified atom stereocenters. The molecule has 0 spiro atoms. The summed E-state index contributed by atoms with van der Waals surface area (Å²) >= 11 is 0.654. The lowest BCUT2D eigenvalue weighted by Gasteiger charge is -2.18. The molecule has 0 saturated carbocycles. The van der Waals surface area contributed by atoms with E-state index in [0.717, 1.165) is 5.56 Å². The summed E-state index contributed by atoms with van der Waals surface area (Å²) in [6.07, 6.45) is -4.25. The normalized spacial score (nSPS) is 14.0. The second-order valence-corrected chi connectivity index (χ2v) is 6.06. The number of aryl methyl sites for hydroxylation is 1. The van der Waals surface area contributed by atoms with E-state index < -0.39 is 17.8 Å². The first kappa shape index (κ1) is 21.1. The Hall–Kier alpha value is -0.920. The molecular weight excluding hydrogens is 337 g/mol. The number of amides is 1. The van der Waals surface area contributed by atoms with Gasteiger partial charge >= 0.3 is 6.18 Å². The number of alkyl halides is 3. The maximum absolute atomic E-state index is 12.3. The van der Waals surface area contributed by atoms with Crippen molar-refractivity contribution in [2.24, 2.45) is 11.7 Å². The average Bonchev–Trinajstić information content (AvgIpc) is 2.35. The van der Waals surface area contributed by atoms with E-state index >= 15 is 0 Å². The van der Waals surface area contributed by atoms with Crippen LogP contribution in [0.5, 0.6) is 0 Å². The maximum Gasteiger partial charge on any atom is 0.398 e. The van der Waals surface area contributed by atoms with Crippen molar-refractivity contribution in [1.29, 1.82) is 0 Å². The first-order valence-corrected chi connectivity index (χ1v) is 7.45. The zero-order valence-electron chi connectivity index (χ0n) is 12.5. The number of benzene rings is 1. The van der Waals surface area contributed by atoms with E-state index in [1.54, 1.807) is 32.0 Å². The summed E-state index contributed by atoms with van der Waals surface area (Å²) in [5.41, 5.74) is 6.91. The Balaban J connectivity index is 0.00000441. The van der Waals surface area contributed by atoms with Gasteiger partial charge in [0.05, 0.1) is 17.4 Å². The maximum atomic E-state index is 12.3. The minimum atomic E-state index is -4.25. The fourth-order valence-corrected chi connectivity index (χ4v) is 2.26. The molecule has 0 heterocycles. The van der Waals surface area contributed by atoms with Gasteiger partial charge in [-0.15, -0.1) is 24.2 Å². The van der Waals surface area contributed by atoms with E-state index in [-0.39, 0.29) is 24.4 Å². The third-order valence-electron chi connectivity index (χ3n) is 2.99. The molecule has 3 N–H and O–H groups in total. The van der Waals surface area contributed by atoms with Crippen molar-refractivity contribution in [3.05, 3.63) is 23.8 Å². The molecule has 0 saturated heterocycles. The highest BCUT2D eigenvalue weighted by Crippen LogP contribution is 2.33. The number of halogens is 4. The monoisotopic (exact) mass is 356 g/mol. The summed E-state index contributed by atoms with van der Waals surface area (Å²) in [6, 6.07) is 4.62. The van der Waals surface area contributed by atoms with Crippen molar-refractivity contribution < 1.29 is 18.0 Å². The van der Waals surface area contributed by atoms with E-state index in [0.29, 0.717) is 22.3 Å². The topological polar surface area (TPSA) is 55.1 Å². The minimum Gasteiger partial charge on any atom is -0.327 e. The summed E-state index contributed by atoms with van der Waals surface area (Å²) in [7, 11) is 0. The van der Waals surface area contributed by atoms with Crippen molar-refractivity contribution in [1.82, 2.24) is 0 Å². The molecule has 126 valence electrons. The predicted molar refractivity (Wildman–Crippen MR) is 86.6 cm³/mol. The molecular formula is C14H20ClF3N2OS. The second kappa shape index (κ2) is 8.64. The number of nitrogens with two attached hydrogens (primary N) is 1. The Kier molecular flexibility index (Phi) is 8.28. The molecule has 1 aromatic carbocycles. The molecule has 0 fully saturated rings. The highest BCUT2D eigenvalue weighted by Gasteiger charge is 2.28. The predicted octanol–water partition coefficient (Wildman–Crippen LogP) is 3.99. The lowest BCUT2D eigenvalue weighted by Crippen LogP contribution is -2.34. The molecule has 3 nitrogen and oxygen atoms in total. The van der Waals surface area contributed by atoms with Gasteiger partial charge in [0, 0.05) is 10.9 Å². The van der Waals surface area contributed by atoms with Crippen LogP contribution in [0.3, 0.4) is 0 Å². The highest BCUT2D eigenvalue weighted by atomic mass is 35.5. The van der Waals surface area contributed by atoms with Crippen LogP contribution >= 0.6 is 24.2 Å². The van der Waals surface area contributed by atoms with Crippen LogP contribution in [0.25, 0.3) is 0 Å². The number of hydrogen-bond acceptors (Lipinski definition) is 3. The molecule has 2 atom stereocenters. The molecule has 8 heteroatoms. The van der Waals surface area contributed by atoms with Gasteiger partial charge in [0.2, 0.25) is 5.91 Å². The number of rotatable bonds is 5. The fraction of sp³-hybridized carbons (Fsp3) is 0.500. The number of carbonyl (C=O) groups excluding carboxylic acids is 1. The lowest BCUT2D eigenvalue weighted by atomic mass is 10.0. The van der Waals surface area contributed by atoms with Crippen LogP contribution in [-0.2, 0) is 4.79 Å².